The van der Waals surface area contributed by atoms with E-state index in [1.165, 1.54) is 12.5 Å². The lowest BCUT2D eigenvalue weighted by Gasteiger charge is -2.30. The van der Waals surface area contributed by atoms with E-state index in [-0.39, 0.29) is 17.7 Å². The molecule has 2 heterocycles. The Kier molecular flexibility index (Phi) is 2.94. The van der Waals surface area contributed by atoms with Crippen LogP contribution in [-0.2, 0) is 4.79 Å². The van der Waals surface area contributed by atoms with E-state index in [9.17, 15) is 9.59 Å². The number of amides is 2. The highest BCUT2D eigenvalue weighted by Gasteiger charge is 2.27. The second kappa shape index (κ2) is 4.38. The van der Waals surface area contributed by atoms with Gasteiger partial charge in [0, 0.05) is 13.1 Å². The Balaban J connectivity index is 2.05. The largest absolute Gasteiger partial charge is 0.472 e. The molecule has 0 saturated carbocycles. The molecule has 5 nitrogen and oxygen atoms in total. The third-order valence-corrected chi connectivity index (χ3v) is 2.88. The van der Waals surface area contributed by atoms with E-state index in [2.05, 4.69) is 0 Å². The summed E-state index contributed by atoms with van der Waals surface area (Å²) in [4.78, 5) is 24.7. The Hall–Kier alpha value is -1.78. The van der Waals surface area contributed by atoms with E-state index in [0.29, 0.717) is 18.7 Å². The van der Waals surface area contributed by atoms with Crippen molar-refractivity contribution in [3.63, 3.8) is 0 Å². The maximum Gasteiger partial charge on any atom is 0.257 e. The molecule has 1 aromatic rings. The van der Waals surface area contributed by atoms with Crippen LogP contribution in [0.4, 0.5) is 0 Å². The van der Waals surface area contributed by atoms with Gasteiger partial charge in [0.05, 0.1) is 17.7 Å². The summed E-state index contributed by atoms with van der Waals surface area (Å²) >= 11 is 0. The van der Waals surface area contributed by atoms with Crippen LogP contribution in [0.3, 0.4) is 0 Å². The zero-order valence-electron chi connectivity index (χ0n) is 8.89. The minimum Gasteiger partial charge on any atom is -0.472 e. The molecule has 0 spiro atoms. The maximum absolute atomic E-state index is 11.9. The third kappa shape index (κ3) is 2.08. The number of carbonyl (C=O) groups is 2. The summed E-state index contributed by atoms with van der Waals surface area (Å²) in [5.41, 5.74) is 5.77. The highest BCUT2D eigenvalue weighted by Crippen LogP contribution is 2.18. The molecule has 1 aliphatic heterocycles. The number of carbonyl (C=O) groups excluding carboxylic acids is 2. The van der Waals surface area contributed by atoms with Crippen LogP contribution in [0.15, 0.2) is 23.0 Å². The van der Waals surface area contributed by atoms with Gasteiger partial charge in [-0.2, -0.15) is 0 Å². The van der Waals surface area contributed by atoms with Crippen molar-refractivity contribution < 1.29 is 14.0 Å². The van der Waals surface area contributed by atoms with Crippen LogP contribution in [0, 0.1) is 5.92 Å². The van der Waals surface area contributed by atoms with Gasteiger partial charge in [0.1, 0.15) is 6.26 Å². The van der Waals surface area contributed by atoms with Gasteiger partial charge in [0.15, 0.2) is 0 Å². The summed E-state index contributed by atoms with van der Waals surface area (Å²) in [6.07, 6.45) is 4.46. The molecule has 0 aliphatic carbocycles. The molecule has 1 aliphatic rings. The molecule has 2 amide bonds. The van der Waals surface area contributed by atoms with E-state index in [1.807, 2.05) is 0 Å². The van der Waals surface area contributed by atoms with Crippen molar-refractivity contribution in [3.05, 3.63) is 24.2 Å². The molecule has 1 aromatic heterocycles. The Morgan fingerprint density at radius 3 is 2.94 bits per heavy atom. The van der Waals surface area contributed by atoms with Crippen molar-refractivity contribution in [3.8, 4) is 0 Å². The molecule has 0 bridgehead atoms. The van der Waals surface area contributed by atoms with Crippen molar-refractivity contribution in [2.75, 3.05) is 13.1 Å². The zero-order chi connectivity index (χ0) is 11.5. The van der Waals surface area contributed by atoms with E-state index in [1.54, 1.807) is 11.0 Å². The molecule has 1 saturated heterocycles. The topological polar surface area (TPSA) is 76.5 Å². The summed E-state index contributed by atoms with van der Waals surface area (Å²) in [5, 5.41) is 0. The first-order valence-electron chi connectivity index (χ1n) is 5.29. The van der Waals surface area contributed by atoms with Crippen molar-refractivity contribution in [2.24, 2.45) is 11.7 Å². The van der Waals surface area contributed by atoms with E-state index < -0.39 is 0 Å². The van der Waals surface area contributed by atoms with Crippen LogP contribution in [0.2, 0.25) is 0 Å². The van der Waals surface area contributed by atoms with Gasteiger partial charge in [-0.1, -0.05) is 0 Å². The molecule has 2 rings (SSSR count). The number of nitrogens with zero attached hydrogens (tertiary/aromatic N) is 1. The highest BCUT2D eigenvalue weighted by molar-refractivity contribution is 5.94. The molecule has 0 aromatic carbocycles. The standard InChI is InChI=1S/C11H14N2O3/c12-10(14)8-2-1-4-13(6-8)11(15)9-3-5-16-7-9/h3,5,7-8H,1-2,4,6H2,(H2,12,14)/t8-/m1/s1. The molecule has 5 heteroatoms. The molecule has 1 fully saturated rings. The first-order valence-corrected chi connectivity index (χ1v) is 5.29. The van der Waals surface area contributed by atoms with Crippen LogP contribution >= 0.6 is 0 Å². The average Bonchev–Trinajstić information content (AvgIpc) is 2.81. The van der Waals surface area contributed by atoms with Gasteiger partial charge >= 0.3 is 0 Å². The number of rotatable bonds is 2. The van der Waals surface area contributed by atoms with Crippen molar-refractivity contribution in [2.45, 2.75) is 12.8 Å². The van der Waals surface area contributed by atoms with Gasteiger partial charge in [-0.05, 0) is 18.9 Å². The summed E-state index contributed by atoms with van der Waals surface area (Å²) in [5.74, 6) is -0.644. The average molecular weight is 222 g/mol. The molecule has 0 unspecified atom stereocenters. The lowest BCUT2D eigenvalue weighted by atomic mass is 9.97. The Labute approximate surface area is 93.2 Å². The van der Waals surface area contributed by atoms with Crippen molar-refractivity contribution >= 4 is 11.8 Å². The van der Waals surface area contributed by atoms with E-state index in [4.69, 9.17) is 10.2 Å². The number of likely N-dealkylation sites (tertiary alicyclic amines) is 1. The van der Waals surface area contributed by atoms with Crippen LogP contribution in [0.25, 0.3) is 0 Å². The first kappa shape index (κ1) is 10.7. The monoisotopic (exact) mass is 222 g/mol. The molecule has 86 valence electrons. The number of hydrogen-bond donors (Lipinski definition) is 1. The SMILES string of the molecule is NC(=O)[C@@H]1CCCN(C(=O)c2ccoc2)C1. The summed E-state index contributed by atoms with van der Waals surface area (Å²) < 4.78 is 4.86. The fourth-order valence-corrected chi connectivity index (χ4v) is 1.96. The molecule has 2 N–H and O–H groups in total. The Morgan fingerprint density at radius 1 is 1.50 bits per heavy atom. The van der Waals surface area contributed by atoms with Gasteiger partial charge in [-0.3, -0.25) is 9.59 Å². The normalized spacial score (nSPS) is 20.8. The molecular weight excluding hydrogens is 208 g/mol. The number of primary amides is 1. The second-order valence-electron chi connectivity index (χ2n) is 4.00. The smallest absolute Gasteiger partial charge is 0.257 e. The first-order chi connectivity index (χ1) is 7.68. The van der Waals surface area contributed by atoms with Gasteiger partial charge in [0.2, 0.25) is 5.91 Å². The zero-order valence-corrected chi connectivity index (χ0v) is 8.89. The van der Waals surface area contributed by atoms with Gasteiger partial charge in [0.25, 0.3) is 5.91 Å². The van der Waals surface area contributed by atoms with Gasteiger partial charge < -0.3 is 15.1 Å². The van der Waals surface area contributed by atoms with Crippen molar-refractivity contribution in [1.29, 1.82) is 0 Å². The molecular formula is C11H14N2O3. The Morgan fingerprint density at radius 2 is 2.31 bits per heavy atom. The number of piperidine rings is 1. The third-order valence-electron chi connectivity index (χ3n) is 2.88. The number of nitrogens with two attached hydrogens (primary N) is 1. The maximum atomic E-state index is 11.9. The predicted octanol–water partition coefficient (Wildman–Crippen LogP) is 0.617. The van der Waals surface area contributed by atoms with Gasteiger partial charge in [-0.15, -0.1) is 0 Å². The molecule has 16 heavy (non-hydrogen) atoms. The number of hydrogen-bond acceptors (Lipinski definition) is 3. The van der Waals surface area contributed by atoms with E-state index >= 15 is 0 Å². The van der Waals surface area contributed by atoms with Crippen molar-refractivity contribution in [1.82, 2.24) is 4.90 Å². The van der Waals surface area contributed by atoms with Crippen LogP contribution in [0.1, 0.15) is 23.2 Å². The minimum absolute atomic E-state index is 0.0975. The summed E-state index contributed by atoms with van der Waals surface area (Å²) in [6.45, 7) is 1.09. The fourth-order valence-electron chi connectivity index (χ4n) is 1.96. The summed E-state index contributed by atoms with van der Waals surface area (Å²) in [6, 6.07) is 1.62. The quantitative estimate of drug-likeness (QED) is 0.796. The van der Waals surface area contributed by atoms with E-state index in [0.717, 1.165) is 12.8 Å². The number of furan rings is 1. The minimum atomic E-state index is -0.329. The molecule has 0 radical (unpaired) electrons. The van der Waals surface area contributed by atoms with Crippen LogP contribution in [0.5, 0.6) is 0 Å². The predicted molar refractivity (Wildman–Crippen MR) is 56.5 cm³/mol. The Bertz CT molecular complexity index is 386. The van der Waals surface area contributed by atoms with Crippen LogP contribution in [-0.4, -0.2) is 29.8 Å². The van der Waals surface area contributed by atoms with Gasteiger partial charge in [-0.25, -0.2) is 0 Å². The fraction of sp³-hybridized carbons (Fsp3) is 0.455. The molecule has 1 atom stereocenters. The second-order valence-corrected chi connectivity index (χ2v) is 4.00. The lowest BCUT2D eigenvalue weighted by Crippen LogP contribution is -2.44. The summed E-state index contributed by atoms with van der Waals surface area (Å²) in [7, 11) is 0. The highest BCUT2D eigenvalue weighted by atomic mass is 16.3. The van der Waals surface area contributed by atoms with Crippen LogP contribution < -0.4 is 5.73 Å². The lowest BCUT2D eigenvalue weighted by molar-refractivity contribution is -0.123.